The highest BCUT2D eigenvalue weighted by Crippen LogP contribution is 2.39. The monoisotopic (exact) mass is 776 g/mol. The van der Waals surface area contributed by atoms with Crippen LogP contribution in [0.1, 0.15) is 0 Å². The third kappa shape index (κ3) is 6.04. The molecule has 0 amide bonds. The molecule has 0 N–H and O–H groups in total. The quantitative estimate of drug-likeness (QED) is 0.169. The van der Waals surface area contributed by atoms with Crippen molar-refractivity contribution >= 4 is 54.1 Å². The van der Waals surface area contributed by atoms with Gasteiger partial charge < -0.3 is 4.57 Å². The van der Waals surface area contributed by atoms with Crippen LogP contribution in [0, 0.1) is 0 Å². The van der Waals surface area contributed by atoms with E-state index in [2.05, 4.69) is 162 Å². The third-order valence-corrected chi connectivity index (χ3v) is 12.0. The summed E-state index contributed by atoms with van der Waals surface area (Å²) >= 11 is 0. The van der Waals surface area contributed by atoms with Gasteiger partial charge in [-0.15, -0.1) is 0 Å². The van der Waals surface area contributed by atoms with Gasteiger partial charge in [0.2, 0.25) is 0 Å². The first kappa shape index (κ1) is 34.8. The second-order valence-corrected chi connectivity index (χ2v) is 15.6. The Morgan fingerprint density at radius 1 is 0.279 bits per heavy atom. The average molecular weight is 777 g/mol. The first-order chi connectivity index (χ1) is 30.2. The van der Waals surface area contributed by atoms with Crippen molar-refractivity contribution in [2.45, 2.75) is 0 Å². The van der Waals surface area contributed by atoms with E-state index >= 15 is 0 Å². The normalized spacial score (nSPS) is 11.6. The highest BCUT2D eigenvalue weighted by molar-refractivity contribution is 6.21. The molecule has 0 radical (unpaired) electrons. The molecule has 0 aliphatic heterocycles. The molecule has 0 fully saturated rings. The molecule has 4 heteroatoms. The fourth-order valence-corrected chi connectivity index (χ4v) is 9.02. The van der Waals surface area contributed by atoms with Crippen molar-refractivity contribution in [1.82, 2.24) is 19.5 Å². The molecule has 12 aromatic rings. The van der Waals surface area contributed by atoms with E-state index in [0.717, 1.165) is 27.9 Å². The Bertz CT molecular complexity index is 3560. The van der Waals surface area contributed by atoms with Gasteiger partial charge in [0, 0.05) is 33.2 Å². The first-order valence-corrected chi connectivity index (χ1v) is 20.7. The Kier molecular flexibility index (Phi) is 8.13. The molecule has 2 heterocycles. The van der Waals surface area contributed by atoms with E-state index in [9.17, 15) is 0 Å². The van der Waals surface area contributed by atoms with Gasteiger partial charge in [-0.1, -0.05) is 164 Å². The van der Waals surface area contributed by atoms with Crippen LogP contribution in [0.15, 0.2) is 218 Å². The van der Waals surface area contributed by atoms with Gasteiger partial charge in [-0.25, -0.2) is 15.0 Å². The Balaban J connectivity index is 0.911. The summed E-state index contributed by atoms with van der Waals surface area (Å²) in [5.41, 5.74) is 11.1. The molecule has 284 valence electrons. The van der Waals surface area contributed by atoms with Gasteiger partial charge in [0.05, 0.1) is 11.0 Å². The van der Waals surface area contributed by atoms with Crippen LogP contribution >= 0.6 is 0 Å². The lowest BCUT2D eigenvalue weighted by molar-refractivity contribution is 1.07. The highest BCUT2D eigenvalue weighted by atomic mass is 15.0. The van der Waals surface area contributed by atoms with Gasteiger partial charge in [0.25, 0.3) is 0 Å². The van der Waals surface area contributed by atoms with Gasteiger partial charge in [-0.3, -0.25) is 0 Å². The van der Waals surface area contributed by atoms with Crippen LogP contribution < -0.4 is 0 Å². The number of rotatable bonds is 6. The second-order valence-electron chi connectivity index (χ2n) is 15.6. The van der Waals surface area contributed by atoms with Crippen molar-refractivity contribution in [3.63, 3.8) is 0 Å². The Morgan fingerprint density at radius 2 is 0.787 bits per heavy atom. The summed E-state index contributed by atoms with van der Waals surface area (Å²) in [6.07, 6.45) is 0. The molecule has 0 aliphatic carbocycles. The molecule has 0 spiro atoms. The Hall–Kier alpha value is -8.21. The van der Waals surface area contributed by atoms with Crippen molar-refractivity contribution < 1.29 is 0 Å². The molecule has 0 aliphatic rings. The predicted octanol–water partition coefficient (Wildman–Crippen LogP) is 14.8. The lowest BCUT2D eigenvalue weighted by Crippen LogP contribution is -2.00. The first-order valence-electron chi connectivity index (χ1n) is 20.7. The van der Waals surface area contributed by atoms with E-state index in [0.29, 0.717) is 17.5 Å². The molecule has 0 bridgehead atoms. The van der Waals surface area contributed by atoms with Crippen molar-refractivity contribution in [2.24, 2.45) is 0 Å². The molecular formula is C57H36N4. The van der Waals surface area contributed by atoms with Crippen LogP contribution in [0.25, 0.3) is 116 Å². The zero-order chi connectivity index (χ0) is 40.3. The van der Waals surface area contributed by atoms with E-state index in [-0.39, 0.29) is 0 Å². The molecule has 0 unspecified atom stereocenters. The number of aromatic nitrogens is 4. The minimum absolute atomic E-state index is 0.639. The summed E-state index contributed by atoms with van der Waals surface area (Å²) in [5, 5.41) is 9.93. The summed E-state index contributed by atoms with van der Waals surface area (Å²) in [4.78, 5) is 14.8. The maximum atomic E-state index is 4.96. The van der Waals surface area contributed by atoms with Gasteiger partial charge in [-0.05, 0) is 109 Å². The molecule has 0 saturated carbocycles. The molecule has 12 rings (SSSR count). The number of hydrogen-bond donors (Lipinski definition) is 0. The number of benzene rings is 10. The maximum absolute atomic E-state index is 4.96. The fourth-order valence-electron chi connectivity index (χ4n) is 9.02. The van der Waals surface area contributed by atoms with Gasteiger partial charge in [0.15, 0.2) is 17.5 Å². The van der Waals surface area contributed by atoms with Crippen molar-refractivity contribution in [2.75, 3.05) is 0 Å². The summed E-state index contributed by atoms with van der Waals surface area (Å²) in [7, 11) is 0. The van der Waals surface area contributed by atoms with Crippen molar-refractivity contribution in [3.05, 3.63) is 218 Å². The number of fused-ring (bicyclic) bond motifs is 7. The van der Waals surface area contributed by atoms with E-state index < -0.39 is 0 Å². The molecular weight excluding hydrogens is 741 g/mol. The van der Waals surface area contributed by atoms with Crippen LogP contribution in [0.3, 0.4) is 0 Å². The van der Waals surface area contributed by atoms with Crippen LogP contribution in [-0.4, -0.2) is 19.5 Å². The number of nitrogens with zero attached hydrogens (tertiary/aromatic N) is 4. The fraction of sp³-hybridized carbons (Fsp3) is 0. The average Bonchev–Trinajstić information content (AvgIpc) is 3.68. The summed E-state index contributed by atoms with van der Waals surface area (Å²) in [6, 6.07) is 77.8. The highest BCUT2D eigenvalue weighted by Gasteiger charge is 2.17. The molecule has 4 nitrogen and oxygen atoms in total. The predicted molar refractivity (Wildman–Crippen MR) is 254 cm³/mol. The minimum atomic E-state index is 0.639. The van der Waals surface area contributed by atoms with Crippen LogP contribution in [0.2, 0.25) is 0 Å². The summed E-state index contributed by atoms with van der Waals surface area (Å²) in [6.45, 7) is 0. The minimum Gasteiger partial charge on any atom is -0.309 e. The zero-order valence-corrected chi connectivity index (χ0v) is 33.1. The van der Waals surface area contributed by atoms with E-state index in [1.807, 2.05) is 60.7 Å². The van der Waals surface area contributed by atoms with Crippen molar-refractivity contribution in [3.8, 4) is 62.1 Å². The molecule has 0 saturated heterocycles. The number of para-hydroxylation sites is 1. The molecule has 61 heavy (non-hydrogen) atoms. The van der Waals surface area contributed by atoms with E-state index in [1.165, 1.54) is 70.9 Å². The second kappa shape index (κ2) is 14.3. The van der Waals surface area contributed by atoms with Crippen LogP contribution in [0.4, 0.5) is 0 Å². The van der Waals surface area contributed by atoms with Crippen LogP contribution in [-0.2, 0) is 0 Å². The Morgan fingerprint density at radius 3 is 1.49 bits per heavy atom. The lowest BCUT2D eigenvalue weighted by Gasteiger charge is -2.11. The topological polar surface area (TPSA) is 43.6 Å². The molecule has 0 atom stereocenters. The van der Waals surface area contributed by atoms with Crippen LogP contribution in [0.5, 0.6) is 0 Å². The summed E-state index contributed by atoms with van der Waals surface area (Å²) < 4.78 is 2.37. The standard InChI is InChI=1S/C57H36N4/c1-3-13-38(14-4-1)55-58-56(39-15-5-2-6-16-39)60-57(59-55)40-26-30-47(31-27-40)61-52-21-10-9-19-51(52)54-50-32-28-44(36-46(50)29-33-53(54)61)41-22-23-43-35-45(25-24-42(43)34-41)49-20-11-17-37-12-7-8-18-48(37)49/h1-36H. The Labute approximate surface area is 352 Å². The lowest BCUT2D eigenvalue weighted by atomic mass is 9.94. The maximum Gasteiger partial charge on any atom is 0.164 e. The largest absolute Gasteiger partial charge is 0.309 e. The number of hydrogen-bond acceptors (Lipinski definition) is 3. The molecule has 2 aromatic heterocycles. The van der Waals surface area contributed by atoms with Gasteiger partial charge in [0.1, 0.15) is 0 Å². The smallest absolute Gasteiger partial charge is 0.164 e. The van der Waals surface area contributed by atoms with Gasteiger partial charge in [-0.2, -0.15) is 0 Å². The third-order valence-electron chi connectivity index (χ3n) is 12.0. The van der Waals surface area contributed by atoms with E-state index in [1.54, 1.807) is 0 Å². The van der Waals surface area contributed by atoms with E-state index in [4.69, 9.17) is 15.0 Å². The van der Waals surface area contributed by atoms with Crippen molar-refractivity contribution in [1.29, 1.82) is 0 Å². The SMILES string of the molecule is c1ccc(-c2nc(-c3ccccc3)nc(-c3ccc(-n4c5ccccc5c5c6ccc(-c7ccc8cc(-c9cccc%10ccccc9%10)ccc8c7)cc6ccc54)cc3)n2)cc1. The summed E-state index contributed by atoms with van der Waals surface area (Å²) in [5.74, 6) is 1.94. The molecule has 10 aromatic carbocycles. The zero-order valence-electron chi connectivity index (χ0n) is 33.1. The van der Waals surface area contributed by atoms with Gasteiger partial charge >= 0.3 is 0 Å².